The molecule has 1 N–H and O–H groups in total. The number of furan rings is 1. The number of hydrogen-bond acceptors (Lipinski definition) is 4. The number of amides is 1. The molecule has 5 nitrogen and oxygen atoms in total. The van der Waals surface area contributed by atoms with Crippen LogP contribution in [0.25, 0.3) is 0 Å². The van der Waals surface area contributed by atoms with Crippen molar-refractivity contribution in [1.29, 1.82) is 0 Å². The van der Waals surface area contributed by atoms with Gasteiger partial charge in [-0.15, -0.1) is 0 Å². The largest absolute Gasteiger partial charge is 0.457 e. The third-order valence-corrected chi connectivity index (χ3v) is 2.49. The van der Waals surface area contributed by atoms with E-state index < -0.39 is 6.10 Å². The van der Waals surface area contributed by atoms with Gasteiger partial charge >= 0.3 is 0 Å². The minimum atomic E-state index is -0.607. The van der Waals surface area contributed by atoms with Crippen molar-refractivity contribution in [3.8, 4) is 0 Å². The van der Waals surface area contributed by atoms with Crippen LogP contribution < -0.4 is 0 Å². The Morgan fingerprint density at radius 2 is 2.50 bits per heavy atom. The van der Waals surface area contributed by atoms with E-state index in [1.807, 2.05) is 0 Å². The first-order chi connectivity index (χ1) is 6.68. The van der Waals surface area contributed by atoms with Crippen LogP contribution in [0.4, 0.5) is 0 Å². The minimum absolute atomic E-state index is 0.154. The molecule has 2 heterocycles. The molecule has 0 radical (unpaired) electrons. The van der Waals surface area contributed by atoms with Crippen molar-refractivity contribution >= 4 is 21.8 Å². The van der Waals surface area contributed by atoms with Crippen molar-refractivity contribution in [2.75, 3.05) is 13.2 Å². The summed E-state index contributed by atoms with van der Waals surface area (Å²) in [6, 6.07) is 1.54. The maximum atomic E-state index is 11.7. The minimum Gasteiger partial charge on any atom is -0.457 e. The molecular formula is C8H8BrNO4. The van der Waals surface area contributed by atoms with Crippen LogP contribution in [0, 0.1) is 0 Å². The van der Waals surface area contributed by atoms with Crippen LogP contribution in [-0.2, 0) is 4.84 Å². The molecule has 1 aromatic rings. The van der Waals surface area contributed by atoms with Gasteiger partial charge in [-0.05, 0) is 22.0 Å². The summed E-state index contributed by atoms with van der Waals surface area (Å²) in [7, 11) is 0. The third-order valence-electron chi connectivity index (χ3n) is 1.87. The molecule has 0 aliphatic carbocycles. The quantitative estimate of drug-likeness (QED) is 0.812. The van der Waals surface area contributed by atoms with Crippen molar-refractivity contribution in [3.63, 3.8) is 0 Å². The highest BCUT2D eigenvalue weighted by Crippen LogP contribution is 2.21. The Morgan fingerprint density at radius 3 is 3.00 bits per heavy atom. The second kappa shape index (κ2) is 3.72. The lowest BCUT2D eigenvalue weighted by atomic mass is 10.3. The Bertz CT molecular complexity index is 351. The molecule has 76 valence electrons. The van der Waals surface area contributed by atoms with Gasteiger partial charge in [-0.25, -0.2) is 5.06 Å². The maximum Gasteiger partial charge on any atom is 0.281 e. The fourth-order valence-corrected chi connectivity index (χ4v) is 1.60. The first-order valence-electron chi connectivity index (χ1n) is 4.04. The summed E-state index contributed by atoms with van der Waals surface area (Å²) in [5.74, 6) is -0.317. The van der Waals surface area contributed by atoms with Gasteiger partial charge in [0.25, 0.3) is 5.91 Å². The van der Waals surface area contributed by atoms with Crippen molar-refractivity contribution in [3.05, 3.63) is 22.6 Å². The number of halogens is 1. The standard InChI is InChI=1S/C8H8BrNO4/c9-7-6(1-2-13-7)8(12)10-3-5(11)4-14-10/h1-2,5,11H,3-4H2. The predicted molar refractivity (Wildman–Crippen MR) is 49.4 cm³/mol. The number of carbonyl (C=O) groups is 1. The highest BCUT2D eigenvalue weighted by atomic mass is 79.9. The van der Waals surface area contributed by atoms with Crippen LogP contribution in [0.15, 0.2) is 21.4 Å². The molecule has 1 saturated heterocycles. The summed E-state index contributed by atoms with van der Waals surface area (Å²) in [6.07, 6.45) is 0.800. The van der Waals surface area contributed by atoms with Gasteiger partial charge in [0.1, 0.15) is 12.7 Å². The van der Waals surface area contributed by atoms with Gasteiger partial charge < -0.3 is 9.52 Å². The summed E-state index contributed by atoms with van der Waals surface area (Å²) in [5, 5.41) is 10.3. The molecule has 14 heavy (non-hydrogen) atoms. The van der Waals surface area contributed by atoms with Gasteiger partial charge in [-0.3, -0.25) is 9.63 Å². The molecule has 1 aliphatic heterocycles. The van der Waals surface area contributed by atoms with E-state index in [2.05, 4.69) is 15.9 Å². The molecule has 1 aliphatic rings. The molecule has 1 amide bonds. The molecule has 1 fully saturated rings. The zero-order valence-electron chi connectivity index (χ0n) is 7.14. The normalized spacial score (nSPS) is 21.6. The number of hydrogen-bond donors (Lipinski definition) is 1. The van der Waals surface area contributed by atoms with E-state index in [9.17, 15) is 4.79 Å². The van der Waals surface area contributed by atoms with Crippen LogP contribution in [0.1, 0.15) is 10.4 Å². The molecule has 0 spiro atoms. The van der Waals surface area contributed by atoms with E-state index in [1.54, 1.807) is 6.07 Å². The van der Waals surface area contributed by atoms with Crippen LogP contribution in [0.2, 0.25) is 0 Å². The zero-order valence-corrected chi connectivity index (χ0v) is 8.73. The predicted octanol–water partition coefficient (Wildman–Crippen LogP) is 0.790. The SMILES string of the molecule is O=C(c1ccoc1Br)N1CC(O)CO1. The lowest BCUT2D eigenvalue weighted by Crippen LogP contribution is -2.28. The topological polar surface area (TPSA) is 62.9 Å². The summed E-state index contributed by atoms with van der Waals surface area (Å²) < 4.78 is 5.29. The number of rotatable bonds is 1. The molecule has 1 unspecified atom stereocenters. The Balaban J connectivity index is 2.13. The summed E-state index contributed by atoms with van der Waals surface area (Å²) >= 11 is 3.10. The fraction of sp³-hybridized carbons (Fsp3) is 0.375. The van der Waals surface area contributed by atoms with E-state index >= 15 is 0 Å². The highest BCUT2D eigenvalue weighted by molar-refractivity contribution is 9.10. The maximum absolute atomic E-state index is 11.7. The van der Waals surface area contributed by atoms with Crippen LogP contribution in [-0.4, -0.2) is 35.3 Å². The van der Waals surface area contributed by atoms with Gasteiger partial charge in [0.15, 0.2) is 4.67 Å². The summed E-state index contributed by atoms with van der Waals surface area (Å²) in [6.45, 7) is 0.345. The van der Waals surface area contributed by atoms with Crippen LogP contribution in [0.5, 0.6) is 0 Å². The Labute approximate surface area is 88.3 Å². The van der Waals surface area contributed by atoms with Crippen molar-refractivity contribution < 1.29 is 19.2 Å². The molecule has 1 atom stereocenters. The second-order valence-corrected chi connectivity index (χ2v) is 3.64. The van der Waals surface area contributed by atoms with Gasteiger partial charge in [0.05, 0.1) is 18.4 Å². The molecular weight excluding hydrogens is 254 g/mol. The first-order valence-corrected chi connectivity index (χ1v) is 4.83. The number of aliphatic hydroxyl groups is 1. The molecule has 6 heteroatoms. The van der Waals surface area contributed by atoms with Gasteiger partial charge in [-0.1, -0.05) is 0 Å². The van der Waals surface area contributed by atoms with Gasteiger partial charge in [0.2, 0.25) is 0 Å². The smallest absolute Gasteiger partial charge is 0.281 e. The average molecular weight is 262 g/mol. The van der Waals surface area contributed by atoms with Gasteiger partial charge in [-0.2, -0.15) is 0 Å². The van der Waals surface area contributed by atoms with Gasteiger partial charge in [0, 0.05) is 0 Å². The Kier molecular flexibility index (Phi) is 2.58. The number of β-amino-alcohol motifs (C(OH)–C–C–N with tert-alkyl or cyclic N) is 1. The fourth-order valence-electron chi connectivity index (χ4n) is 1.19. The molecule has 0 bridgehead atoms. The molecule has 1 aromatic heterocycles. The molecule has 0 aromatic carbocycles. The second-order valence-electron chi connectivity index (χ2n) is 2.92. The van der Waals surface area contributed by atoms with Crippen molar-refractivity contribution in [1.82, 2.24) is 5.06 Å². The lowest BCUT2D eigenvalue weighted by molar-refractivity contribution is -0.0780. The summed E-state index contributed by atoms with van der Waals surface area (Å²) in [4.78, 5) is 16.7. The number of nitrogens with zero attached hydrogens (tertiary/aromatic N) is 1. The number of carbonyl (C=O) groups excluding carboxylic acids is 1. The highest BCUT2D eigenvalue weighted by Gasteiger charge is 2.28. The van der Waals surface area contributed by atoms with Crippen molar-refractivity contribution in [2.24, 2.45) is 0 Å². The average Bonchev–Trinajstić information content (AvgIpc) is 2.73. The molecule has 0 saturated carbocycles. The zero-order chi connectivity index (χ0) is 10.1. The third kappa shape index (κ3) is 1.68. The first kappa shape index (κ1) is 9.70. The monoisotopic (exact) mass is 261 g/mol. The van der Waals surface area contributed by atoms with E-state index in [0.717, 1.165) is 5.06 Å². The van der Waals surface area contributed by atoms with E-state index in [1.165, 1.54) is 6.26 Å². The van der Waals surface area contributed by atoms with E-state index in [4.69, 9.17) is 14.4 Å². The van der Waals surface area contributed by atoms with E-state index in [0.29, 0.717) is 10.2 Å². The van der Waals surface area contributed by atoms with Crippen LogP contribution in [0.3, 0.4) is 0 Å². The number of hydroxylamine groups is 2. The lowest BCUT2D eigenvalue weighted by Gasteiger charge is -2.12. The summed E-state index contributed by atoms with van der Waals surface area (Å²) in [5.41, 5.74) is 0.388. The Morgan fingerprint density at radius 1 is 1.71 bits per heavy atom. The van der Waals surface area contributed by atoms with Crippen LogP contribution >= 0.6 is 15.9 Å². The van der Waals surface area contributed by atoms with E-state index in [-0.39, 0.29) is 19.1 Å². The molecule has 2 rings (SSSR count). The Hall–Kier alpha value is -0.850. The number of aliphatic hydroxyl groups excluding tert-OH is 1. The van der Waals surface area contributed by atoms with Crippen molar-refractivity contribution in [2.45, 2.75) is 6.10 Å².